The molecule has 0 radical (unpaired) electrons. The van der Waals surface area contributed by atoms with Crippen LogP contribution < -0.4 is 4.31 Å². The van der Waals surface area contributed by atoms with Crippen molar-refractivity contribution < 1.29 is 17.9 Å². The minimum Gasteiger partial charge on any atom is -0.465 e. The predicted octanol–water partition coefficient (Wildman–Crippen LogP) is 2.33. The van der Waals surface area contributed by atoms with E-state index in [1.54, 1.807) is 13.8 Å². The van der Waals surface area contributed by atoms with Crippen LogP contribution in [-0.4, -0.2) is 33.3 Å². The van der Waals surface area contributed by atoms with Crippen LogP contribution in [0.15, 0.2) is 12.1 Å². The van der Waals surface area contributed by atoms with Gasteiger partial charge < -0.3 is 4.74 Å². The van der Waals surface area contributed by atoms with Gasteiger partial charge in [0.15, 0.2) is 0 Å². The smallest absolute Gasteiger partial charge is 0.326 e. The molecule has 0 atom stereocenters. The Kier molecular flexibility index (Phi) is 5.78. The minimum atomic E-state index is -3.55. The molecule has 0 amide bonds. The number of hydrogen-bond donors (Lipinski definition) is 0. The number of sulfonamides is 1. The van der Waals surface area contributed by atoms with Crippen molar-refractivity contribution in [1.29, 1.82) is 0 Å². The lowest BCUT2D eigenvalue weighted by Crippen LogP contribution is -2.38. The molecule has 6 heteroatoms. The molecule has 21 heavy (non-hydrogen) atoms. The summed E-state index contributed by atoms with van der Waals surface area (Å²) in [5, 5.41) is 0. The fraction of sp³-hybridized carbons (Fsp3) is 0.533. The number of carbonyl (C=O) groups is 1. The summed E-state index contributed by atoms with van der Waals surface area (Å²) in [6, 6.07) is 3.82. The van der Waals surface area contributed by atoms with E-state index in [1.165, 1.54) is 0 Å². The van der Waals surface area contributed by atoms with Gasteiger partial charge in [-0.3, -0.25) is 9.10 Å². The number of esters is 1. The zero-order chi connectivity index (χ0) is 16.2. The molecule has 1 aromatic rings. The third-order valence-corrected chi connectivity index (χ3v) is 4.88. The zero-order valence-electron chi connectivity index (χ0n) is 13.3. The van der Waals surface area contributed by atoms with Crippen LogP contribution in [0.2, 0.25) is 0 Å². The standard InChI is InChI=1S/C15H23NO4S/c1-6-20-14(17)10-16(21(18,19)7-2)15-12(4)8-11(3)9-13(15)5/h8-9H,6-7,10H2,1-5H3. The first-order valence-corrected chi connectivity index (χ1v) is 8.57. The second-order valence-corrected chi connectivity index (χ2v) is 7.14. The lowest BCUT2D eigenvalue weighted by atomic mass is 10.1. The van der Waals surface area contributed by atoms with Gasteiger partial charge in [0.2, 0.25) is 10.0 Å². The first-order chi connectivity index (χ1) is 9.72. The summed E-state index contributed by atoms with van der Waals surface area (Å²) in [6.07, 6.45) is 0. The van der Waals surface area contributed by atoms with Gasteiger partial charge in [-0.25, -0.2) is 8.42 Å². The van der Waals surface area contributed by atoms with Crippen LogP contribution in [0.25, 0.3) is 0 Å². The molecule has 1 rings (SSSR count). The Morgan fingerprint density at radius 1 is 1.14 bits per heavy atom. The second kappa shape index (κ2) is 6.93. The van der Waals surface area contributed by atoms with Crippen LogP contribution in [-0.2, 0) is 19.6 Å². The van der Waals surface area contributed by atoms with E-state index in [9.17, 15) is 13.2 Å². The van der Waals surface area contributed by atoms with Crippen molar-refractivity contribution in [2.24, 2.45) is 0 Å². The fourth-order valence-corrected chi connectivity index (χ4v) is 3.54. The SMILES string of the molecule is CCOC(=O)CN(c1c(C)cc(C)cc1C)S(=O)(=O)CC. The van der Waals surface area contributed by atoms with Crippen LogP contribution in [0.3, 0.4) is 0 Å². The van der Waals surface area contributed by atoms with Crippen molar-refractivity contribution in [3.05, 3.63) is 28.8 Å². The fourth-order valence-electron chi connectivity index (χ4n) is 2.36. The summed E-state index contributed by atoms with van der Waals surface area (Å²) in [7, 11) is -3.55. The van der Waals surface area contributed by atoms with E-state index in [0.29, 0.717) is 5.69 Å². The van der Waals surface area contributed by atoms with Crippen molar-refractivity contribution in [2.75, 3.05) is 23.2 Å². The van der Waals surface area contributed by atoms with Crippen LogP contribution in [0.1, 0.15) is 30.5 Å². The van der Waals surface area contributed by atoms with Gasteiger partial charge in [0.05, 0.1) is 18.0 Å². The highest BCUT2D eigenvalue weighted by Crippen LogP contribution is 2.28. The Hall–Kier alpha value is -1.56. The number of benzene rings is 1. The molecule has 0 saturated heterocycles. The summed E-state index contributed by atoms with van der Waals surface area (Å²) in [6.45, 7) is 8.83. The van der Waals surface area contributed by atoms with Crippen LogP contribution in [0.5, 0.6) is 0 Å². The second-order valence-electron chi connectivity index (χ2n) is 4.96. The van der Waals surface area contributed by atoms with E-state index >= 15 is 0 Å². The maximum atomic E-state index is 12.3. The number of nitrogens with zero attached hydrogens (tertiary/aromatic N) is 1. The van der Waals surface area contributed by atoms with E-state index in [-0.39, 0.29) is 18.9 Å². The largest absolute Gasteiger partial charge is 0.465 e. The highest BCUT2D eigenvalue weighted by atomic mass is 32.2. The normalized spacial score (nSPS) is 11.3. The van der Waals surface area contributed by atoms with Crippen molar-refractivity contribution in [2.45, 2.75) is 34.6 Å². The average Bonchev–Trinajstić information content (AvgIpc) is 2.36. The number of carbonyl (C=O) groups excluding carboxylic acids is 1. The average molecular weight is 313 g/mol. The Labute approximate surface area is 127 Å². The van der Waals surface area contributed by atoms with Crippen LogP contribution in [0, 0.1) is 20.8 Å². The Morgan fingerprint density at radius 3 is 2.10 bits per heavy atom. The van der Waals surface area contributed by atoms with Gasteiger partial charge in [0.25, 0.3) is 0 Å². The topological polar surface area (TPSA) is 63.7 Å². The third-order valence-electron chi connectivity index (χ3n) is 3.16. The van der Waals surface area contributed by atoms with Gasteiger partial charge in [-0.05, 0) is 45.7 Å². The molecule has 0 saturated carbocycles. The molecule has 0 aliphatic heterocycles. The molecule has 1 aromatic carbocycles. The summed E-state index contributed by atoms with van der Waals surface area (Å²) in [5.41, 5.74) is 3.27. The highest BCUT2D eigenvalue weighted by molar-refractivity contribution is 7.92. The maximum Gasteiger partial charge on any atom is 0.326 e. The first kappa shape index (κ1) is 17.5. The molecule has 0 N–H and O–H groups in total. The van der Waals surface area contributed by atoms with Crippen LogP contribution in [0.4, 0.5) is 5.69 Å². The van der Waals surface area contributed by atoms with Crippen LogP contribution >= 0.6 is 0 Å². The number of hydrogen-bond acceptors (Lipinski definition) is 4. The minimum absolute atomic E-state index is 0.0703. The number of anilines is 1. The van der Waals surface area contributed by atoms with Gasteiger partial charge in [-0.1, -0.05) is 17.7 Å². The highest BCUT2D eigenvalue weighted by Gasteiger charge is 2.26. The molecular formula is C15H23NO4S. The quantitative estimate of drug-likeness (QED) is 0.756. The Morgan fingerprint density at radius 2 is 1.67 bits per heavy atom. The predicted molar refractivity (Wildman–Crippen MR) is 84.1 cm³/mol. The maximum absolute atomic E-state index is 12.3. The van der Waals surface area contributed by atoms with E-state index in [1.807, 2.05) is 32.9 Å². The lowest BCUT2D eigenvalue weighted by molar-refractivity contribution is -0.141. The van der Waals surface area contributed by atoms with Gasteiger partial charge in [-0.15, -0.1) is 0 Å². The Balaban J connectivity index is 3.35. The van der Waals surface area contributed by atoms with Crippen molar-refractivity contribution in [3.8, 4) is 0 Å². The summed E-state index contributed by atoms with van der Waals surface area (Å²) in [5.74, 6) is -0.618. The molecule has 0 unspecified atom stereocenters. The monoisotopic (exact) mass is 313 g/mol. The Bertz CT molecular complexity index is 600. The molecule has 0 aromatic heterocycles. The third kappa shape index (κ3) is 4.20. The lowest BCUT2D eigenvalue weighted by Gasteiger charge is -2.26. The van der Waals surface area contributed by atoms with Crippen molar-refractivity contribution >= 4 is 21.7 Å². The van der Waals surface area contributed by atoms with Gasteiger partial charge >= 0.3 is 5.97 Å². The molecule has 5 nitrogen and oxygen atoms in total. The van der Waals surface area contributed by atoms with E-state index < -0.39 is 16.0 Å². The van der Waals surface area contributed by atoms with Gasteiger partial charge in [0.1, 0.15) is 6.54 Å². The number of rotatable bonds is 6. The molecule has 118 valence electrons. The molecule has 0 spiro atoms. The summed E-state index contributed by atoms with van der Waals surface area (Å²) in [4.78, 5) is 11.8. The summed E-state index contributed by atoms with van der Waals surface area (Å²) < 4.78 is 30.7. The number of ether oxygens (including phenoxy) is 1. The van der Waals surface area contributed by atoms with Crippen molar-refractivity contribution in [1.82, 2.24) is 0 Å². The van der Waals surface area contributed by atoms with E-state index in [0.717, 1.165) is 21.0 Å². The first-order valence-electron chi connectivity index (χ1n) is 6.96. The van der Waals surface area contributed by atoms with E-state index in [2.05, 4.69) is 0 Å². The molecule has 0 heterocycles. The molecule has 0 aliphatic rings. The zero-order valence-corrected chi connectivity index (χ0v) is 14.1. The van der Waals surface area contributed by atoms with E-state index in [4.69, 9.17) is 4.74 Å². The number of aryl methyl sites for hydroxylation is 3. The molecule has 0 aliphatic carbocycles. The van der Waals surface area contributed by atoms with Gasteiger partial charge in [0, 0.05) is 0 Å². The molecular weight excluding hydrogens is 290 g/mol. The van der Waals surface area contributed by atoms with Gasteiger partial charge in [-0.2, -0.15) is 0 Å². The molecule has 0 bridgehead atoms. The molecule has 0 fully saturated rings. The summed E-state index contributed by atoms with van der Waals surface area (Å²) >= 11 is 0. The van der Waals surface area contributed by atoms with Crippen molar-refractivity contribution in [3.63, 3.8) is 0 Å².